The molecule has 0 radical (unpaired) electrons. The first-order valence-corrected chi connectivity index (χ1v) is 6.13. The summed E-state index contributed by atoms with van der Waals surface area (Å²) in [5, 5.41) is 3.33. The van der Waals surface area contributed by atoms with Gasteiger partial charge in [0.1, 0.15) is 17.7 Å². The van der Waals surface area contributed by atoms with Crippen LogP contribution in [0.1, 0.15) is 11.4 Å². The highest BCUT2D eigenvalue weighted by Gasteiger charge is 2.21. The zero-order valence-electron chi connectivity index (χ0n) is 10.0. The van der Waals surface area contributed by atoms with Gasteiger partial charge in [0, 0.05) is 25.4 Å². The van der Waals surface area contributed by atoms with Crippen molar-refractivity contribution in [3.05, 3.63) is 54.1 Å². The van der Waals surface area contributed by atoms with Gasteiger partial charge in [0.15, 0.2) is 0 Å². The number of para-hydroxylation sites is 1. The predicted molar refractivity (Wildman–Crippen MR) is 68.3 cm³/mol. The van der Waals surface area contributed by atoms with E-state index in [0.717, 1.165) is 24.5 Å². The summed E-state index contributed by atoms with van der Waals surface area (Å²) in [4.78, 5) is 8.34. The summed E-state index contributed by atoms with van der Waals surface area (Å²) in [5.41, 5.74) is 1.29. The van der Waals surface area contributed by atoms with Gasteiger partial charge in [0.25, 0.3) is 0 Å². The van der Waals surface area contributed by atoms with Crippen molar-refractivity contribution >= 4 is 0 Å². The van der Waals surface area contributed by atoms with Crippen LogP contribution in [0.25, 0.3) is 0 Å². The molecule has 0 amide bonds. The Bertz CT molecular complexity index is 490. The minimum atomic E-state index is 0.214. The van der Waals surface area contributed by atoms with Crippen LogP contribution in [0.2, 0.25) is 0 Å². The van der Waals surface area contributed by atoms with E-state index in [1.165, 1.54) is 5.56 Å². The molecule has 92 valence electrons. The smallest absolute Gasteiger partial charge is 0.141 e. The third-order valence-corrected chi connectivity index (χ3v) is 2.99. The Morgan fingerprint density at radius 3 is 2.83 bits per heavy atom. The van der Waals surface area contributed by atoms with Gasteiger partial charge in [-0.05, 0) is 17.7 Å². The molecule has 1 aromatic carbocycles. The Hall–Kier alpha value is -1.94. The van der Waals surface area contributed by atoms with Crippen LogP contribution in [0.15, 0.2) is 42.7 Å². The third kappa shape index (κ3) is 2.49. The lowest BCUT2D eigenvalue weighted by Gasteiger charge is -2.11. The first kappa shape index (κ1) is 11.2. The summed E-state index contributed by atoms with van der Waals surface area (Å²) < 4.78 is 5.84. The molecule has 18 heavy (non-hydrogen) atoms. The summed E-state index contributed by atoms with van der Waals surface area (Å²) >= 11 is 0. The SMILES string of the molecule is c1cnc(CNCC2Cc3ccccc3O2)nc1. The monoisotopic (exact) mass is 241 g/mol. The first-order chi connectivity index (χ1) is 8.92. The minimum Gasteiger partial charge on any atom is -0.488 e. The van der Waals surface area contributed by atoms with Crippen molar-refractivity contribution in [3.63, 3.8) is 0 Å². The summed E-state index contributed by atoms with van der Waals surface area (Å²) in [5.74, 6) is 1.83. The summed E-state index contributed by atoms with van der Waals surface area (Å²) in [6.45, 7) is 1.49. The molecular formula is C14H15N3O. The van der Waals surface area contributed by atoms with E-state index in [1.807, 2.05) is 18.2 Å². The molecule has 1 aliphatic heterocycles. The van der Waals surface area contributed by atoms with E-state index in [0.29, 0.717) is 6.54 Å². The quantitative estimate of drug-likeness (QED) is 0.882. The number of ether oxygens (including phenoxy) is 1. The van der Waals surface area contributed by atoms with E-state index in [1.54, 1.807) is 12.4 Å². The van der Waals surface area contributed by atoms with Gasteiger partial charge in [-0.15, -0.1) is 0 Å². The first-order valence-electron chi connectivity index (χ1n) is 6.13. The molecule has 4 heteroatoms. The average molecular weight is 241 g/mol. The maximum Gasteiger partial charge on any atom is 0.141 e. The molecule has 0 spiro atoms. The van der Waals surface area contributed by atoms with Gasteiger partial charge >= 0.3 is 0 Å². The molecule has 0 saturated carbocycles. The highest BCUT2D eigenvalue weighted by molar-refractivity contribution is 5.37. The van der Waals surface area contributed by atoms with Crippen molar-refractivity contribution in [2.45, 2.75) is 19.1 Å². The Labute approximate surface area is 106 Å². The lowest BCUT2D eigenvalue weighted by atomic mass is 10.1. The van der Waals surface area contributed by atoms with Gasteiger partial charge in [-0.25, -0.2) is 9.97 Å². The fourth-order valence-corrected chi connectivity index (χ4v) is 2.13. The molecule has 0 fully saturated rings. The summed E-state index contributed by atoms with van der Waals surface area (Å²) in [6.07, 6.45) is 4.70. The second-order valence-corrected chi connectivity index (χ2v) is 4.35. The molecule has 0 saturated heterocycles. The van der Waals surface area contributed by atoms with Crippen LogP contribution in [-0.2, 0) is 13.0 Å². The third-order valence-electron chi connectivity index (χ3n) is 2.99. The molecule has 0 bridgehead atoms. The lowest BCUT2D eigenvalue weighted by Crippen LogP contribution is -2.30. The number of nitrogens with one attached hydrogen (secondary N) is 1. The van der Waals surface area contributed by atoms with E-state index in [2.05, 4.69) is 27.4 Å². The largest absolute Gasteiger partial charge is 0.488 e. The molecule has 1 unspecified atom stereocenters. The molecule has 1 N–H and O–H groups in total. The summed E-state index contributed by atoms with van der Waals surface area (Å²) in [7, 11) is 0. The van der Waals surface area contributed by atoms with Crippen molar-refractivity contribution < 1.29 is 4.74 Å². The fourth-order valence-electron chi connectivity index (χ4n) is 2.13. The molecule has 2 aromatic rings. The normalized spacial score (nSPS) is 17.2. The van der Waals surface area contributed by atoms with E-state index in [4.69, 9.17) is 4.74 Å². The van der Waals surface area contributed by atoms with Crippen LogP contribution in [0.3, 0.4) is 0 Å². The van der Waals surface area contributed by atoms with Crippen molar-refractivity contribution in [1.82, 2.24) is 15.3 Å². The number of hydrogen-bond donors (Lipinski definition) is 1. The van der Waals surface area contributed by atoms with Gasteiger partial charge in [0.05, 0.1) is 6.54 Å². The number of fused-ring (bicyclic) bond motifs is 1. The molecular weight excluding hydrogens is 226 g/mol. The summed E-state index contributed by atoms with van der Waals surface area (Å²) in [6, 6.07) is 10.0. The number of aromatic nitrogens is 2. The van der Waals surface area contributed by atoms with Crippen LogP contribution in [0.5, 0.6) is 5.75 Å². The van der Waals surface area contributed by atoms with Gasteiger partial charge < -0.3 is 10.1 Å². The Morgan fingerprint density at radius 1 is 1.17 bits per heavy atom. The predicted octanol–water partition coefficient (Wildman–Crippen LogP) is 1.57. The lowest BCUT2D eigenvalue weighted by molar-refractivity contribution is 0.227. The van der Waals surface area contributed by atoms with Crippen LogP contribution < -0.4 is 10.1 Å². The highest BCUT2D eigenvalue weighted by atomic mass is 16.5. The maximum atomic E-state index is 5.84. The van der Waals surface area contributed by atoms with E-state index in [-0.39, 0.29) is 6.10 Å². The van der Waals surface area contributed by atoms with Crippen LogP contribution in [0, 0.1) is 0 Å². The van der Waals surface area contributed by atoms with Crippen molar-refractivity contribution in [3.8, 4) is 5.75 Å². The Morgan fingerprint density at radius 2 is 2.00 bits per heavy atom. The number of rotatable bonds is 4. The molecule has 1 atom stereocenters. The van der Waals surface area contributed by atoms with Crippen LogP contribution in [0.4, 0.5) is 0 Å². The molecule has 4 nitrogen and oxygen atoms in total. The van der Waals surface area contributed by atoms with Gasteiger partial charge in [-0.3, -0.25) is 0 Å². The van der Waals surface area contributed by atoms with Crippen LogP contribution >= 0.6 is 0 Å². The fraction of sp³-hybridized carbons (Fsp3) is 0.286. The Kier molecular flexibility index (Phi) is 3.19. The zero-order valence-corrected chi connectivity index (χ0v) is 10.0. The van der Waals surface area contributed by atoms with Crippen molar-refractivity contribution in [1.29, 1.82) is 0 Å². The highest BCUT2D eigenvalue weighted by Crippen LogP contribution is 2.27. The minimum absolute atomic E-state index is 0.214. The number of hydrogen-bond acceptors (Lipinski definition) is 4. The van der Waals surface area contributed by atoms with Gasteiger partial charge in [-0.1, -0.05) is 18.2 Å². The maximum absolute atomic E-state index is 5.84. The standard InChI is InChI=1S/C14H15N3O/c1-2-5-13-11(4-1)8-12(18-13)9-15-10-14-16-6-3-7-17-14/h1-7,12,15H,8-10H2. The van der Waals surface area contributed by atoms with Gasteiger partial charge in [-0.2, -0.15) is 0 Å². The second kappa shape index (κ2) is 5.14. The van der Waals surface area contributed by atoms with Crippen molar-refractivity contribution in [2.75, 3.05) is 6.54 Å². The van der Waals surface area contributed by atoms with Crippen LogP contribution in [-0.4, -0.2) is 22.6 Å². The topological polar surface area (TPSA) is 47.0 Å². The van der Waals surface area contributed by atoms with E-state index < -0.39 is 0 Å². The molecule has 3 rings (SSSR count). The molecule has 0 aliphatic carbocycles. The Balaban J connectivity index is 1.49. The second-order valence-electron chi connectivity index (χ2n) is 4.35. The number of nitrogens with zero attached hydrogens (tertiary/aromatic N) is 2. The van der Waals surface area contributed by atoms with E-state index in [9.17, 15) is 0 Å². The van der Waals surface area contributed by atoms with Crippen molar-refractivity contribution in [2.24, 2.45) is 0 Å². The number of benzene rings is 1. The molecule has 1 aromatic heterocycles. The zero-order chi connectivity index (χ0) is 12.2. The molecule has 2 heterocycles. The molecule has 1 aliphatic rings. The van der Waals surface area contributed by atoms with Gasteiger partial charge in [0.2, 0.25) is 0 Å². The average Bonchev–Trinajstić information content (AvgIpc) is 2.82. The van der Waals surface area contributed by atoms with E-state index >= 15 is 0 Å².